The van der Waals surface area contributed by atoms with Crippen LogP contribution in [0.3, 0.4) is 0 Å². The maximum atomic E-state index is 12.6. The van der Waals surface area contributed by atoms with Gasteiger partial charge in [-0.15, -0.1) is 0 Å². The normalized spacial score (nSPS) is 12.3. The van der Waals surface area contributed by atoms with Crippen LogP contribution in [0, 0.1) is 5.82 Å². The summed E-state index contributed by atoms with van der Waals surface area (Å²) in [5.41, 5.74) is 5.83. The van der Waals surface area contributed by atoms with Crippen LogP contribution in [0.25, 0.3) is 0 Å². The van der Waals surface area contributed by atoms with Crippen LogP contribution in [0.1, 0.15) is 18.1 Å². The summed E-state index contributed by atoms with van der Waals surface area (Å²) in [6.45, 7) is 0.400. The van der Waals surface area contributed by atoms with E-state index in [1.165, 1.54) is 12.1 Å². The van der Waals surface area contributed by atoms with Crippen molar-refractivity contribution in [3.05, 3.63) is 35.6 Å². The average molecular weight is 283 g/mol. The van der Waals surface area contributed by atoms with E-state index < -0.39 is 18.2 Å². The number of hydrogen-bond donors (Lipinski definition) is 3. The number of carboxylic acids is 1. The first-order valence-electron chi connectivity index (χ1n) is 5.12. The number of alkyl halides is 3. The molecule has 0 radical (unpaired) electrons. The number of aliphatic hydroxyl groups excluding tert-OH is 1. The lowest BCUT2D eigenvalue weighted by atomic mass is 10.1. The number of aliphatic carboxylic acids is 1. The summed E-state index contributed by atoms with van der Waals surface area (Å²) >= 11 is 0. The van der Waals surface area contributed by atoms with Gasteiger partial charge in [0.15, 0.2) is 0 Å². The van der Waals surface area contributed by atoms with Crippen molar-refractivity contribution in [1.82, 2.24) is 0 Å². The van der Waals surface area contributed by atoms with Crippen molar-refractivity contribution in [2.75, 3.05) is 6.54 Å². The molecule has 0 saturated carbocycles. The molecular formula is C11H13F4NO3. The number of halogens is 4. The van der Waals surface area contributed by atoms with Crippen LogP contribution in [0.4, 0.5) is 17.6 Å². The van der Waals surface area contributed by atoms with Gasteiger partial charge in [0.2, 0.25) is 0 Å². The molecule has 108 valence electrons. The molecule has 0 aliphatic carbocycles. The highest BCUT2D eigenvalue weighted by molar-refractivity contribution is 5.73. The van der Waals surface area contributed by atoms with Gasteiger partial charge in [0, 0.05) is 0 Å². The van der Waals surface area contributed by atoms with E-state index in [2.05, 4.69) is 0 Å². The molecule has 4 N–H and O–H groups in total. The second-order valence-corrected chi connectivity index (χ2v) is 3.45. The van der Waals surface area contributed by atoms with E-state index in [9.17, 15) is 22.7 Å². The molecule has 0 aromatic heterocycles. The predicted molar refractivity (Wildman–Crippen MR) is 58.7 cm³/mol. The van der Waals surface area contributed by atoms with E-state index >= 15 is 0 Å². The third-order valence-corrected chi connectivity index (χ3v) is 1.92. The zero-order valence-corrected chi connectivity index (χ0v) is 9.69. The van der Waals surface area contributed by atoms with E-state index in [-0.39, 0.29) is 5.82 Å². The fraction of sp³-hybridized carbons (Fsp3) is 0.364. The lowest BCUT2D eigenvalue weighted by Crippen LogP contribution is -2.21. The highest BCUT2D eigenvalue weighted by Crippen LogP contribution is 2.16. The average Bonchev–Trinajstić information content (AvgIpc) is 2.29. The summed E-state index contributed by atoms with van der Waals surface area (Å²) in [5, 5.41) is 16.5. The van der Waals surface area contributed by atoms with Gasteiger partial charge in [-0.1, -0.05) is 12.1 Å². The fourth-order valence-corrected chi connectivity index (χ4v) is 1.04. The Morgan fingerprint density at radius 3 is 2.26 bits per heavy atom. The van der Waals surface area contributed by atoms with E-state index in [0.717, 1.165) is 0 Å². The lowest BCUT2D eigenvalue weighted by Gasteiger charge is -2.08. The van der Waals surface area contributed by atoms with Gasteiger partial charge in [-0.25, -0.2) is 9.18 Å². The summed E-state index contributed by atoms with van der Waals surface area (Å²) in [6.07, 6.45) is -5.27. The number of aliphatic hydroxyl groups is 1. The highest BCUT2D eigenvalue weighted by atomic mass is 19.4. The van der Waals surface area contributed by atoms with Gasteiger partial charge in [0.05, 0.1) is 6.10 Å². The third kappa shape index (κ3) is 7.37. The lowest BCUT2D eigenvalue weighted by molar-refractivity contribution is -0.192. The maximum absolute atomic E-state index is 12.6. The number of rotatable bonds is 3. The molecule has 8 heteroatoms. The largest absolute Gasteiger partial charge is 0.490 e. The molecular weight excluding hydrogens is 270 g/mol. The van der Waals surface area contributed by atoms with Gasteiger partial charge < -0.3 is 15.9 Å². The van der Waals surface area contributed by atoms with Gasteiger partial charge in [-0.2, -0.15) is 13.2 Å². The van der Waals surface area contributed by atoms with E-state index in [1.807, 2.05) is 0 Å². The first-order chi connectivity index (χ1) is 8.68. The van der Waals surface area contributed by atoms with Crippen molar-refractivity contribution in [3.63, 3.8) is 0 Å². The molecule has 0 aliphatic rings. The summed E-state index contributed by atoms with van der Waals surface area (Å²) in [4.78, 5) is 8.90. The molecule has 0 spiro atoms. The molecule has 0 amide bonds. The molecule has 0 heterocycles. The Morgan fingerprint density at radius 1 is 1.37 bits per heavy atom. The summed E-state index contributed by atoms with van der Waals surface area (Å²) < 4.78 is 44.4. The zero-order valence-electron chi connectivity index (χ0n) is 9.69. The van der Waals surface area contributed by atoms with Crippen molar-refractivity contribution in [3.8, 4) is 0 Å². The number of carboxylic acid groups (broad SMARTS) is 1. The van der Waals surface area contributed by atoms with Crippen molar-refractivity contribution >= 4 is 5.97 Å². The Morgan fingerprint density at radius 2 is 1.89 bits per heavy atom. The quantitative estimate of drug-likeness (QED) is 0.739. The standard InChI is InChI=1S/C9H12FNO.C2HF3O2/c10-8-3-1-2-7(6-8)9(12)4-5-11;3-2(4,5)1(6)7/h1-3,6,9,12H,4-5,11H2;(H,6,7). The first kappa shape index (κ1) is 17.3. The van der Waals surface area contributed by atoms with E-state index in [4.69, 9.17) is 15.6 Å². The van der Waals surface area contributed by atoms with Gasteiger partial charge in [0.25, 0.3) is 0 Å². The summed E-state index contributed by atoms with van der Waals surface area (Å²) in [6, 6.07) is 5.92. The predicted octanol–water partition coefficient (Wildman–Crippen LogP) is 1.84. The Balaban J connectivity index is 0.000000399. The van der Waals surface area contributed by atoms with Crippen LogP contribution in [-0.2, 0) is 4.79 Å². The molecule has 1 atom stereocenters. The smallest absolute Gasteiger partial charge is 0.475 e. The molecule has 0 bridgehead atoms. The van der Waals surface area contributed by atoms with Gasteiger partial charge in [-0.05, 0) is 30.7 Å². The molecule has 1 aromatic carbocycles. The van der Waals surface area contributed by atoms with Crippen molar-refractivity contribution < 1.29 is 32.6 Å². The summed E-state index contributed by atoms with van der Waals surface area (Å²) in [5.74, 6) is -3.09. The number of benzene rings is 1. The Hall–Kier alpha value is -1.67. The number of nitrogens with two attached hydrogens (primary N) is 1. The molecule has 19 heavy (non-hydrogen) atoms. The second kappa shape index (κ2) is 7.70. The molecule has 1 unspecified atom stereocenters. The molecule has 1 rings (SSSR count). The van der Waals surface area contributed by atoms with E-state index in [0.29, 0.717) is 18.5 Å². The molecule has 4 nitrogen and oxygen atoms in total. The zero-order chi connectivity index (χ0) is 15.1. The third-order valence-electron chi connectivity index (χ3n) is 1.92. The highest BCUT2D eigenvalue weighted by Gasteiger charge is 2.38. The number of hydrogen-bond acceptors (Lipinski definition) is 3. The van der Waals surface area contributed by atoms with Crippen molar-refractivity contribution in [2.24, 2.45) is 5.73 Å². The van der Waals surface area contributed by atoms with Crippen LogP contribution in [-0.4, -0.2) is 28.9 Å². The topological polar surface area (TPSA) is 83.5 Å². The summed E-state index contributed by atoms with van der Waals surface area (Å²) in [7, 11) is 0. The molecule has 1 aromatic rings. The van der Waals surface area contributed by atoms with Crippen LogP contribution in [0.2, 0.25) is 0 Å². The monoisotopic (exact) mass is 283 g/mol. The molecule has 0 aliphatic heterocycles. The van der Waals surface area contributed by atoms with E-state index in [1.54, 1.807) is 12.1 Å². The van der Waals surface area contributed by atoms with Gasteiger partial charge >= 0.3 is 12.1 Å². The fourth-order valence-electron chi connectivity index (χ4n) is 1.04. The van der Waals surface area contributed by atoms with Crippen LogP contribution >= 0.6 is 0 Å². The Labute approximate surface area is 106 Å². The Bertz CT molecular complexity index is 409. The molecule has 0 saturated heterocycles. The van der Waals surface area contributed by atoms with Crippen molar-refractivity contribution in [2.45, 2.75) is 18.7 Å². The first-order valence-corrected chi connectivity index (χ1v) is 5.12. The second-order valence-electron chi connectivity index (χ2n) is 3.45. The van der Waals surface area contributed by atoms with Crippen LogP contribution in [0.5, 0.6) is 0 Å². The minimum atomic E-state index is -5.08. The maximum Gasteiger partial charge on any atom is 0.490 e. The Kier molecular flexibility index (Phi) is 7.02. The minimum absolute atomic E-state index is 0.330. The van der Waals surface area contributed by atoms with Crippen LogP contribution < -0.4 is 5.73 Å². The van der Waals surface area contributed by atoms with Gasteiger partial charge in [-0.3, -0.25) is 0 Å². The van der Waals surface area contributed by atoms with Gasteiger partial charge in [0.1, 0.15) is 5.82 Å². The number of carbonyl (C=O) groups is 1. The SMILES string of the molecule is NCCC(O)c1cccc(F)c1.O=C(O)C(F)(F)F. The van der Waals surface area contributed by atoms with Crippen molar-refractivity contribution in [1.29, 1.82) is 0 Å². The minimum Gasteiger partial charge on any atom is -0.475 e. The molecule has 0 fully saturated rings. The van der Waals surface area contributed by atoms with Crippen LogP contribution in [0.15, 0.2) is 24.3 Å².